The van der Waals surface area contributed by atoms with Gasteiger partial charge in [0.15, 0.2) is 0 Å². The molecule has 0 saturated carbocycles. The predicted octanol–water partition coefficient (Wildman–Crippen LogP) is 3.33. The normalized spacial score (nSPS) is 14.8. The number of carboxylic acids is 1. The summed E-state index contributed by atoms with van der Waals surface area (Å²) < 4.78 is 11.2. The second-order valence-corrected chi connectivity index (χ2v) is 6.12. The van der Waals surface area contributed by atoms with Gasteiger partial charge in [-0.2, -0.15) is 0 Å². The minimum atomic E-state index is -1.04. The van der Waals surface area contributed by atoms with Crippen LogP contribution < -0.4 is 5.32 Å². The van der Waals surface area contributed by atoms with Crippen LogP contribution in [-0.2, 0) is 16.1 Å². The van der Waals surface area contributed by atoms with E-state index in [9.17, 15) is 9.59 Å². The SMILES string of the molecule is O=C(O)c1cccc(NC(=O)c2ccccc2COC2CCOCC2)c1. The number of benzene rings is 2. The van der Waals surface area contributed by atoms with Crippen LogP contribution in [-0.4, -0.2) is 36.3 Å². The zero-order valence-corrected chi connectivity index (χ0v) is 14.3. The predicted molar refractivity (Wildman–Crippen MR) is 96.4 cm³/mol. The van der Waals surface area contributed by atoms with E-state index in [0.717, 1.165) is 18.4 Å². The van der Waals surface area contributed by atoms with E-state index in [1.807, 2.05) is 12.1 Å². The number of hydrogen-bond acceptors (Lipinski definition) is 4. The molecule has 0 spiro atoms. The van der Waals surface area contributed by atoms with Gasteiger partial charge in [0.2, 0.25) is 0 Å². The second-order valence-electron chi connectivity index (χ2n) is 6.12. The Morgan fingerprint density at radius 2 is 1.88 bits per heavy atom. The maximum Gasteiger partial charge on any atom is 0.335 e. The maximum absolute atomic E-state index is 12.6. The number of carboxylic acid groups (broad SMARTS) is 1. The number of nitrogens with one attached hydrogen (secondary N) is 1. The van der Waals surface area contributed by atoms with Crippen LogP contribution in [0.3, 0.4) is 0 Å². The van der Waals surface area contributed by atoms with E-state index in [0.29, 0.717) is 31.1 Å². The van der Waals surface area contributed by atoms with Gasteiger partial charge in [0, 0.05) is 24.5 Å². The van der Waals surface area contributed by atoms with Crippen LogP contribution in [0, 0.1) is 0 Å². The molecule has 1 heterocycles. The highest BCUT2D eigenvalue weighted by Gasteiger charge is 2.17. The number of anilines is 1. The summed E-state index contributed by atoms with van der Waals surface area (Å²) in [7, 11) is 0. The largest absolute Gasteiger partial charge is 0.478 e. The Bertz CT molecular complexity index is 783. The first-order valence-corrected chi connectivity index (χ1v) is 8.55. The highest BCUT2D eigenvalue weighted by Crippen LogP contribution is 2.18. The summed E-state index contributed by atoms with van der Waals surface area (Å²) in [6.45, 7) is 1.75. The van der Waals surface area contributed by atoms with E-state index >= 15 is 0 Å². The van der Waals surface area contributed by atoms with E-state index in [4.69, 9.17) is 14.6 Å². The summed E-state index contributed by atoms with van der Waals surface area (Å²) in [4.78, 5) is 23.7. The van der Waals surface area contributed by atoms with E-state index in [1.54, 1.807) is 24.3 Å². The molecule has 0 atom stereocenters. The number of rotatable bonds is 6. The van der Waals surface area contributed by atoms with Crippen LogP contribution in [0.15, 0.2) is 48.5 Å². The zero-order chi connectivity index (χ0) is 18.4. The molecule has 0 aliphatic carbocycles. The first-order chi connectivity index (χ1) is 12.6. The Kier molecular flexibility index (Phi) is 5.99. The first kappa shape index (κ1) is 18.1. The first-order valence-electron chi connectivity index (χ1n) is 8.55. The Morgan fingerprint density at radius 3 is 2.65 bits per heavy atom. The van der Waals surface area contributed by atoms with Crippen molar-refractivity contribution in [2.24, 2.45) is 0 Å². The fourth-order valence-electron chi connectivity index (χ4n) is 2.85. The van der Waals surface area contributed by atoms with Gasteiger partial charge in [0.25, 0.3) is 5.91 Å². The molecule has 1 fully saturated rings. The molecule has 1 saturated heterocycles. The minimum Gasteiger partial charge on any atom is -0.478 e. The number of carbonyl (C=O) groups excluding carboxylic acids is 1. The molecule has 0 aromatic heterocycles. The summed E-state index contributed by atoms with van der Waals surface area (Å²) in [5.41, 5.74) is 1.88. The van der Waals surface area contributed by atoms with Crippen molar-refractivity contribution < 1.29 is 24.2 Å². The number of hydrogen-bond donors (Lipinski definition) is 2. The highest BCUT2D eigenvalue weighted by molar-refractivity contribution is 6.05. The van der Waals surface area contributed by atoms with Crippen LogP contribution >= 0.6 is 0 Å². The Morgan fingerprint density at radius 1 is 1.12 bits per heavy atom. The average molecular weight is 355 g/mol. The van der Waals surface area contributed by atoms with Crippen molar-refractivity contribution in [3.05, 3.63) is 65.2 Å². The summed E-state index contributed by atoms with van der Waals surface area (Å²) in [6, 6.07) is 13.4. The van der Waals surface area contributed by atoms with Gasteiger partial charge in [-0.15, -0.1) is 0 Å². The molecule has 6 nitrogen and oxygen atoms in total. The Balaban J connectivity index is 1.69. The molecule has 1 aliphatic heterocycles. The quantitative estimate of drug-likeness (QED) is 0.830. The molecule has 1 amide bonds. The summed E-state index contributed by atoms with van der Waals surface area (Å²) in [5.74, 6) is -1.33. The van der Waals surface area contributed by atoms with Crippen molar-refractivity contribution in [3.8, 4) is 0 Å². The molecule has 2 aromatic carbocycles. The van der Waals surface area contributed by atoms with Gasteiger partial charge in [0.05, 0.1) is 18.3 Å². The third-order valence-corrected chi connectivity index (χ3v) is 4.27. The Hall–Kier alpha value is -2.70. The molecule has 0 bridgehead atoms. The molecule has 3 rings (SSSR count). The number of ether oxygens (including phenoxy) is 2. The van der Waals surface area contributed by atoms with Gasteiger partial charge >= 0.3 is 5.97 Å². The van der Waals surface area contributed by atoms with Crippen molar-refractivity contribution in [3.63, 3.8) is 0 Å². The smallest absolute Gasteiger partial charge is 0.335 e. The van der Waals surface area contributed by atoms with Crippen molar-refractivity contribution in [1.82, 2.24) is 0 Å². The van der Waals surface area contributed by atoms with Crippen molar-refractivity contribution in [2.45, 2.75) is 25.6 Å². The van der Waals surface area contributed by atoms with Crippen LogP contribution in [0.4, 0.5) is 5.69 Å². The maximum atomic E-state index is 12.6. The molecule has 136 valence electrons. The van der Waals surface area contributed by atoms with Gasteiger partial charge in [-0.25, -0.2) is 4.79 Å². The lowest BCUT2D eigenvalue weighted by Gasteiger charge is -2.23. The lowest BCUT2D eigenvalue weighted by atomic mass is 10.1. The summed E-state index contributed by atoms with van der Waals surface area (Å²) in [6.07, 6.45) is 1.86. The number of aromatic carboxylic acids is 1. The van der Waals surface area contributed by atoms with Gasteiger partial charge in [-0.05, 0) is 42.7 Å². The standard InChI is InChI=1S/C20H21NO5/c22-19(21-16-6-3-5-14(12-16)20(23)24)18-7-2-1-4-15(18)13-26-17-8-10-25-11-9-17/h1-7,12,17H,8-11,13H2,(H,21,22)(H,23,24). The summed E-state index contributed by atoms with van der Waals surface area (Å²) in [5, 5.41) is 11.8. The fraction of sp³-hybridized carbons (Fsp3) is 0.300. The van der Waals surface area contributed by atoms with Gasteiger partial charge in [-0.3, -0.25) is 4.79 Å². The molecule has 6 heteroatoms. The molecule has 0 unspecified atom stereocenters. The zero-order valence-electron chi connectivity index (χ0n) is 14.3. The molecule has 26 heavy (non-hydrogen) atoms. The highest BCUT2D eigenvalue weighted by atomic mass is 16.5. The van der Waals surface area contributed by atoms with Crippen molar-refractivity contribution in [2.75, 3.05) is 18.5 Å². The van der Waals surface area contributed by atoms with Gasteiger partial charge < -0.3 is 19.9 Å². The van der Waals surface area contributed by atoms with Crippen LogP contribution in [0.2, 0.25) is 0 Å². The van der Waals surface area contributed by atoms with Crippen LogP contribution in [0.25, 0.3) is 0 Å². The lowest BCUT2D eigenvalue weighted by Crippen LogP contribution is -2.24. The van der Waals surface area contributed by atoms with Gasteiger partial charge in [-0.1, -0.05) is 24.3 Å². The topological polar surface area (TPSA) is 84.9 Å². The lowest BCUT2D eigenvalue weighted by molar-refractivity contribution is -0.0391. The van der Waals surface area contributed by atoms with E-state index < -0.39 is 5.97 Å². The number of amides is 1. The molecule has 0 radical (unpaired) electrons. The van der Waals surface area contributed by atoms with E-state index in [2.05, 4.69) is 5.32 Å². The number of carbonyl (C=O) groups is 2. The van der Waals surface area contributed by atoms with Crippen molar-refractivity contribution in [1.29, 1.82) is 0 Å². The monoisotopic (exact) mass is 355 g/mol. The third-order valence-electron chi connectivity index (χ3n) is 4.27. The third kappa shape index (κ3) is 4.68. The van der Waals surface area contributed by atoms with Crippen LogP contribution in [0.1, 0.15) is 39.1 Å². The fourth-order valence-corrected chi connectivity index (χ4v) is 2.85. The molecule has 2 aromatic rings. The molecule has 2 N–H and O–H groups in total. The van der Waals surface area contributed by atoms with E-state index in [1.165, 1.54) is 12.1 Å². The Labute approximate surface area is 151 Å². The molecular formula is C20H21NO5. The molecular weight excluding hydrogens is 334 g/mol. The van der Waals surface area contributed by atoms with Crippen molar-refractivity contribution >= 4 is 17.6 Å². The van der Waals surface area contributed by atoms with E-state index in [-0.39, 0.29) is 17.6 Å². The van der Waals surface area contributed by atoms with Crippen LogP contribution in [0.5, 0.6) is 0 Å². The minimum absolute atomic E-state index is 0.124. The molecule has 1 aliphatic rings. The van der Waals surface area contributed by atoms with Gasteiger partial charge in [0.1, 0.15) is 0 Å². The second kappa shape index (κ2) is 8.60. The average Bonchev–Trinajstić information content (AvgIpc) is 2.67. The summed E-state index contributed by atoms with van der Waals surface area (Å²) >= 11 is 0.